The van der Waals surface area contributed by atoms with Crippen molar-refractivity contribution in [3.05, 3.63) is 29.8 Å². The summed E-state index contributed by atoms with van der Waals surface area (Å²) in [4.78, 5) is 12.5. The third-order valence-electron chi connectivity index (χ3n) is 3.81. The molecule has 1 aromatic heterocycles. The predicted molar refractivity (Wildman–Crippen MR) is 98.3 cm³/mol. The van der Waals surface area contributed by atoms with Crippen molar-refractivity contribution in [1.82, 2.24) is 14.5 Å². The van der Waals surface area contributed by atoms with Crippen molar-refractivity contribution < 1.29 is 13.2 Å². The van der Waals surface area contributed by atoms with Gasteiger partial charge in [-0.1, -0.05) is 23.1 Å². The summed E-state index contributed by atoms with van der Waals surface area (Å²) in [5.74, 6) is -0.171. The number of carbonyl (C=O) groups is 1. The Kier molecular flexibility index (Phi) is 5.72. The maximum absolute atomic E-state index is 12.5. The zero-order valence-electron chi connectivity index (χ0n) is 13.6. The van der Waals surface area contributed by atoms with Crippen LogP contribution in [0.4, 0.5) is 5.69 Å². The molecule has 10 heteroatoms. The topological polar surface area (TPSA) is 92.3 Å². The first-order chi connectivity index (χ1) is 12.0. The Morgan fingerprint density at radius 2 is 1.96 bits per heavy atom. The van der Waals surface area contributed by atoms with Crippen LogP contribution in [-0.2, 0) is 14.8 Å². The molecule has 1 aliphatic heterocycles. The number of sulfonamides is 1. The largest absolute Gasteiger partial charge is 0.325 e. The number of thioether (sulfide) groups is 1. The van der Waals surface area contributed by atoms with E-state index in [2.05, 4.69) is 15.5 Å². The Bertz CT molecular complexity index is 816. The monoisotopic (exact) mass is 398 g/mol. The number of benzene rings is 1. The number of anilines is 1. The van der Waals surface area contributed by atoms with Gasteiger partial charge in [-0.15, -0.1) is 10.2 Å². The van der Waals surface area contributed by atoms with Gasteiger partial charge in [0.1, 0.15) is 5.51 Å². The van der Waals surface area contributed by atoms with E-state index < -0.39 is 10.0 Å². The van der Waals surface area contributed by atoms with Gasteiger partial charge in [-0.25, -0.2) is 8.42 Å². The van der Waals surface area contributed by atoms with Crippen LogP contribution >= 0.6 is 23.1 Å². The molecule has 1 N–H and O–H groups in total. The van der Waals surface area contributed by atoms with E-state index in [4.69, 9.17) is 0 Å². The van der Waals surface area contributed by atoms with Crippen LogP contribution in [-0.4, -0.2) is 47.2 Å². The van der Waals surface area contributed by atoms with Crippen LogP contribution in [0.15, 0.2) is 39.0 Å². The van der Waals surface area contributed by atoms with E-state index in [1.165, 1.54) is 39.5 Å². The molecule has 0 radical (unpaired) electrons. The average Bonchev–Trinajstić information content (AvgIpc) is 3.29. The summed E-state index contributed by atoms with van der Waals surface area (Å²) in [6, 6.07) is 6.30. The molecule has 0 saturated carbocycles. The zero-order chi connectivity index (χ0) is 17.9. The molecule has 0 bridgehead atoms. The number of rotatable bonds is 6. The van der Waals surface area contributed by atoms with Crippen LogP contribution in [0.25, 0.3) is 0 Å². The Morgan fingerprint density at radius 1 is 1.28 bits per heavy atom. The number of nitrogens with zero attached hydrogens (tertiary/aromatic N) is 3. The molecule has 1 saturated heterocycles. The third kappa shape index (κ3) is 4.38. The fraction of sp³-hybridized carbons (Fsp3) is 0.400. The van der Waals surface area contributed by atoms with Gasteiger partial charge in [-0.05, 0) is 44.0 Å². The van der Waals surface area contributed by atoms with Gasteiger partial charge in [0.15, 0.2) is 4.34 Å². The fourth-order valence-electron chi connectivity index (χ4n) is 2.45. The lowest BCUT2D eigenvalue weighted by Crippen LogP contribution is -2.27. The second-order valence-corrected chi connectivity index (χ2v) is 9.95. The molecular formula is C15H18N4O3S3. The minimum Gasteiger partial charge on any atom is -0.325 e. The predicted octanol–water partition coefficient (Wildman–Crippen LogP) is 2.44. The van der Waals surface area contributed by atoms with Crippen molar-refractivity contribution in [3.63, 3.8) is 0 Å². The normalized spacial score (nSPS) is 16.7. The van der Waals surface area contributed by atoms with Crippen LogP contribution in [0.1, 0.15) is 19.8 Å². The number of carbonyl (C=O) groups excluding carboxylic acids is 1. The second kappa shape index (κ2) is 7.81. The Balaban J connectivity index is 1.63. The minimum atomic E-state index is -3.43. The lowest BCUT2D eigenvalue weighted by molar-refractivity contribution is -0.115. The zero-order valence-corrected chi connectivity index (χ0v) is 16.0. The lowest BCUT2D eigenvalue weighted by Gasteiger charge is -2.16. The summed E-state index contributed by atoms with van der Waals surface area (Å²) in [5.41, 5.74) is 2.18. The van der Waals surface area contributed by atoms with E-state index in [-0.39, 0.29) is 16.1 Å². The SMILES string of the molecule is CC(Sc1nncs1)C(=O)Nc1ccc(S(=O)(=O)N2CCCC2)cc1. The molecule has 0 aliphatic carbocycles. The minimum absolute atomic E-state index is 0.171. The van der Waals surface area contributed by atoms with Gasteiger partial charge < -0.3 is 5.32 Å². The average molecular weight is 399 g/mol. The van der Waals surface area contributed by atoms with Gasteiger partial charge in [-0.2, -0.15) is 4.31 Å². The molecule has 2 heterocycles. The molecule has 0 spiro atoms. The highest BCUT2D eigenvalue weighted by molar-refractivity contribution is 8.02. The first-order valence-corrected chi connectivity index (χ1v) is 11.0. The van der Waals surface area contributed by atoms with E-state index in [0.29, 0.717) is 18.8 Å². The highest BCUT2D eigenvalue weighted by Crippen LogP contribution is 2.26. The summed E-state index contributed by atoms with van der Waals surface area (Å²) in [6.45, 7) is 2.93. The van der Waals surface area contributed by atoms with Gasteiger partial charge in [0.2, 0.25) is 15.9 Å². The first kappa shape index (κ1) is 18.3. The molecule has 1 atom stereocenters. The van der Waals surface area contributed by atoms with Crippen LogP contribution in [0.3, 0.4) is 0 Å². The number of amides is 1. The van der Waals surface area contributed by atoms with Crippen molar-refractivity contribution >= 4 is 44.7 Å². The van der Waals surface area contributed by atoms with Gasteiger partial charge >= 0.3 is 0 Å². The van der Waals surface area contributed by atoms with Crippen LogP contribution in [0.2, 0.25) is 0 Å². The van der Waals surface area contributed by atoms with Crippen LogP contribution in [0, 0.1) is 0 Å². The van der Waals surface area contributed by atoms with Crippen molar-refractivity contribution in [3.8, 4) is 0 Å². The molecule has 7 nitrogen and oxygen atoms in total. The van der Waals surface area contributed by atoms with Crippen LogP contribution < -0.4 is 5.32 Å². The summed E-state index contributed by atoms with van der Waals surface area (Å²) < 4.78 is 27.2. The van der Waals surface area contributed by atoms with Crippen molar-refractivity contribution in [2.75, 3.05) is 18.4 Å². The highest BCUT2D eigenvalue weighted by atomic mass is 32.2. The number of hydrogen-bond donors (Lipinski definition) is 1. The Hall–Kier alpha value is -1.49. The van der Waals surface area contributed by atoms with Gasteiger partial charge in [0, 0.05) is 18.8 Å². The quantitative estimate of drug-likeness (QED) is 0.752. The van der Waals surface area contributed by atoms with E-state index in [9.17, 15) is 13.2 Å². The molecular weight excluding hydrogens is 380 g/mol. The summed E-state index contributed by atoms with van der Waals surface area (Å²) in [7, 11) is -3.43. The van der Waals surface area contributed by atoms with E-state index in [0.717, 1.165) is 17.2 Å². The molecule has 3 rings (SSSR count). The molecule has 1 fully saturated rings. The maximum atomic E-state index is 12.5. The molecule has 1 aliphatic rings. The number of nitrogens with one attached hydrogen (secondary N) is 1. The van der Waals surface area contributed by atoms with Gasteiger partial charge in [0.25, 0.3) is 0 Å². The molecule has 1 unspecified atom stereocenters. The maximum Gasteiger partial charge on any atom is 0.243 e. The molecule has 2 aromatic rings. The van der Waals surface area contributed by atoms with Crippen molar-refractivity contribution in [1.29, 1.82) is 0 Å². The number of hydrogen-bond acceptors (Lipinski definition) is 7. The summed E-state index contributed by atoms with van der Waals surface area (Å²) >= 11 is 2.71. The van der Waals surface area contributed by atoms with E-state index in [1.54, 1.807) is 24.6 Å². The second-order valence-electron chi connectivity index (χ2n) is 5.59. The lowest BCUT2D eigenvalue weighted by atomic mass is 10.3. The molecule has 25 heavy (non-hydrogen) atoms. The third-order valence-corrected chi connectivity index (χ3v) is 7.64. The molecule has 1 amide bonds. The van der Waals surface area contributed by atoms with E-state index in [1.807, 2.05) is 0 Å². The van der Waals surface area contributed by atoms with Gasteiger partial charge in [-0.3, -0.25) is 4.79 Å². The van der Waals surface area contributed by atoms with E-state index >= 15 is 0 Å². The summed E-state index contributed by atoms with van der Waals surface area (Å²) in [5, 5.41) is 10.1. The molecule has 134 valence electrons. The first-order valence-electron chi connectivity index (χ1n) is 7.81. The van der Waals surface area contributed by atoms with Crippen molar-refractivity contribution in [2.45, 2.75) is 34.3 Å². The smallest absolute Gasteiger partial charge is 0.243 e. The van der Waals surface area contributed by atoms with Crippen LogP contribution in [0.5, 0.6) is 0 Å². The fourth-order valence-corrected chi connectivity index (χ4v) is 5.59. The Morgan fingerprint density at radius 3 is 2.56 bits per heavy atom. The van der Waals surface area contributed by atoms with Crippen molar-refractivity contribution in [2.24, 2.45) is 0 Å². The highest BCUT2D eigenvalue weighted by Gasteiger charge is 2.27. The molecule has 1 aromatic carbocycles. The van der Waals surface area contributed by atoms with Gasteiger partial charge in [0.05, 0.1) is 10.1 Å². The Labute approximate surface area is 154 Å². The number of aromatic nitrogens is 2. The summed E-state index contributed by atoms with van der Waals surface area (Å²) in [6.07, 6.45) is 1.80. The standard InChI is InChI=1S/C15H18N4O3S3/c1-11(24-15-18-16-10-23-15)14(20)17-12-4-6-13(7-5-12)25(21,22)19-8-2-3-9-19/h4-7,10-11H,2-3,8-9H2,1H3,(H,17,20).